The van der Waals surface area contributed by atoms with Gasteiger partial charge in [-0.1, -0.05) is 0 Å². The molecule has 3 nitrogen and oxygen atoms in total. The molecule has 0 fully saturated rings. The Hall–Kier alpha value is -1.84. The first-order chi connectivity index (χ1) is 6.96. The number of alkyl halides is 4. The quantitative estimate of drug-likeness (QED) is 0.718. The summed E-state index contributed by atoms with van der Waals surface area (Å²) in [5.74, 6) is -0.743. The molecule has 0 unspecified atom stereocenters. The predicted octanol–water partition coefficient (Wildman–Crippen LogP) is 2.32. The molecule has 0 N–H and O–H groups in total. The first-order valence-electron chi connectivity index (χ1n) is 3.67. The second-order valence-corrected chi connectivity index (χ2v) is 2.47. The molecule has 0 saturated heterocycles. The van der Waals surface area contributed by atoms with Crippen LogP contribution in [0.4, 0.5) is 17.6 Å². The highest BCUT2D eigenvalue weighted by Gasteiger charge is 2.32. The van der Waals surface area contributed by atoms with E-state index in [1.54, 1.807) is 0 Å². The van der Waals surface area contributed by atoms with Crippen molar-refractivity contribution >= 4 is 0 Å². The molecule has 7 heteroatoms. The molecule has 0 saturated carbocycles. The van der Waals surface area contributed by atoms with Gasteiger partial charge in [0, 0.05) is 12.3 Å². The maximum atomic E-state index is 12.1. The molecule has 1 aromatic rings. The van der Waals surface area contributed by atoms with Crippen LogP contribution in [0.2, 0.25) is 0 Å². The second kappa shape index (κ2) is 4.13. The van der Waals surface area contributed by atoms with E-state index in [-0.39, 0.29) is 5.69 Å². The molecule has 0 bridgehead atoms. The summed E-state index contributed by atoms with van der Waals surface area (Å²) in [6.45, 7) is -1.03. The van der Waals surface area contributed by atoms with E-state index < -0.39 is 24.3 Å². The second-order valence-electron chi connectivity index (χ2n) is 2.47. The fourth-order valence-electron chi connectivity index (χ4n) is 0.844. The molecule has 0 atom stereocenters. The predicted molar refractivity (Wildman–Crippen MR) is 40.4 cm³/mol. The lowest BCUT2D eigenvalue weighted by Crippen LogP contribution is -2.18. The lowest BCUT2D eigenvalue weighted by Gasteiger charge is -2.10. The standard InChI is InChI=1S/C8H4F4N2O/c9-2-6-1-7(15-8(10,11)12)5(3-13)4-14-6/h1,4H,2H2. The number of halogens is 4. The van der Waals surface area contributed by atoms with Crippen LogP contribution in [-0.2, 0) is 6.67 Å². The molecule has 1 rings (SSSR count). The number of hydrogen-bond acceptors (Lipinski definition) is 3. The van der Waals surface area contributed by atoms with Crippen LogP contribution < -0.4 is 4.74 Å². The Labute approximate surface area is 81.9 Å². The number of hydrogen-bond donors (Lipinski definition) is 0. The smallest absolute Gasteiger partial charge is 0.404 e. The summed E-state index contributed by atoms with van der Waals surface area (Å²) < 4.78 is 51.2. The summed E-state index contributed by atoms with van der Waals surface area (Å²) >= 11 is 0. The van der Waals surface area contributed by atoms with Gasteiger partial charge in [-0.3, -0.25) is 4.98 Å². The van der Waals surface area contributed by atoms with E-state index in [0.29, 0.717) is 0 Å². The molecule has 0 radical (unpaired) electrons. The van der Waals surface area contributed by atoms with Crippen LogP contribution >= 0.6 is 0 Å². The Bertz CT molecular complexity index is 397. The van der Waals surface area contributed by atoms with E-state index >= 15 is 0 Å². The third-order valence-electron chi connectivity index (χ3n) is 1.41. The van der Waals surface area contributed by atoms with Gasteiger partial charge in [-0.05, 0) is 0 Å². The van der Waals surface area contributed by atoms with Crippen molar-refractivity contribution in [2.75, 3.05) is 0 Å². The van der Waals surface area contributed by atoms with Crippen molar-refractivity contribution in [3.05, 3.63) is 23.5 Å². The molecular formula is C8H4F4N2O. The van der Waals surface area contributed by atoms with E-state index in [2.05, 4.69) is 9.72 Å². The van der Waals surface area contributed by atoms with Crippen LogP contribution in [0.1, 0.15) is 11.3 Å². The monoisotopic (exact) mass is 220 g/mol. The average Bonchev–Trinajstić information content (AvgIpc) is 2.15. The largest absolute Gasteiger partial charge is 0.573 e. The first kappa shape index (κ1) is 11.2. The van der Waals surface area contributed by atoms with Crippen LogP contribution in [0.15, 0.2) is 12.3 Å². The van der Waals surface area contributed by atoms with Crippen LogP contribution in [0.5, 0.6) is 5.75 Å². The van der Waals surface area contributed by atoms with Gasteiger partial charge in [0.05, 0.1) is 5.69 Å². The van der Waals surface area contributed by atoms with Crippen molar-refractivity contribution in [1.29, 1.82) is 5.26 Å². The van der Waals surface area contributed by atoms with Crippen LogP contribution in [0, 0.1) is 11.3 Å². The van der Waals surface area contributed by atoms with Gasteiger partial charge in [0.1, 0.15) is 18.3 Å². The van der Waals surface area contributed by atoms with Gasteiger partial charge in [-0.25, -0.2) is 4.39 Å². The number of nitrogens with zero attached hydrogens (tertiary/aromatic N) is 2. The van der Waals surface area contributed by atoms with Crippen molar-refractivity contribution in [2.45, 2.75) is 13.0 Å². The van der Waals surface area contributed by atoms with Gasteiger partial charge in [0.2, 0.25) is 0 Å². The highest BCUT2D eigenvalue weighted by atomic mass is 19.4. The number of rotatable bonds is 2. The maximum absolute atomic E-state index is 12.1. The minimum Gasteiger partial charge on any atom is -0.404 e. The number of nitriles is 1. The molecule has 0 aliphatic carbocycles. The Kier molecular flexibility index (Phi) is 3.09. The first-order valence-corrected chi connectivity index (χ1v) is 3.67. The molecule has 0 aliphatic heterocycles. The van der Waals surface area contributed by atoms with Crippen molar-refractivity contribution < 1.29 is 22.3 Å². The van der Waals surface area contributed by atoms with Gasteiger partial charge >= 0.3 is 6.36 Å². The lowest BCUT2D eigenvalue weighted by molar-refractivity contribution is -0.274. The zero-order chi connectivity index (χ0) is 11.5. The highest BCUT2D eigenvalue weighted by molar-refractivity contribution is 5.42. The van der Waals surface area contributed by atoms with Crippen LogP contribution in [-0.4, -0.2) is 11.3 Å². The third-order valence-corrected chi connectivity index (χ3v) is 1.41. The Morgan fingerprint density at radius 1 is 1.47 bits per heavy atom. The average molecular weight is 220 g/mol. The van der Waals surface area contributed by atoms with Gasteiger partial charge < -0.3 is 4.74 Å². The van der Waals surface area contributed by atoms with E-state index in [1.807, 2.05) is 0 Å². The van der Waals surface area contributed by atoms with Gasteiger partial charge in [0.25, 0.3) is 0 Å². The van der Waals surface area contributed by atoms with E-state index in [4.69, 9.17) is 5.26 Å². The normalized spacial score (nSPS) is 10.9. The molecular weight excluding hydrogens is 216 g/mol. The number of aromatic nitrogens is 1. The van der Waals surface area contributed by atoms with Gasteiger partial charge in [-0.2, -0.15) is 5.26 Å². The molecule has 15 heavy (non-hydrogen) atoms. The number of pyridine rings is 1. The number of ether oxygens (including phenoxy) is 1. The van der Waals surface area contributed by atoms with Crippen molar-refractivity contribution in [2.24, 2.45) is 0 Å². The van der Waals surface area contributed by atoms with Gasteiger partial charge in [-0.15, -0.1) is 13.2 Å². The van der Waals surface area contributed by atoms with Crippen molar-refractivity contribution in [3.63, 3.8) is 0 Å². The van der Waals surface area contributed by atoms with E-state index in [9.17, 15) is 17.6 Å². The molecule has 0 aliphatic rings. The topological polar surface area (TPSA) is 45.9 Å². The fraction of sp³-hybridized carbons (Fsp3) is 0.250. The molecule has 0 spiro atoms. The van der Waals surface area contributed by atoms with Gasteiger partial charge in [0.15, 0.2) is 5.75 Å². The zero-order valence-electron chi connectivity index (χ0n) is 7.18. The third kappa shape index (κ3) is 3.09. The minimum atomic E-state index is -4.92. The molecule has 80 valence electrons. The highest BCUT2D eigenvalue weighted by Crippen LogP contribution is 2.26. The summed E-state index contributed by atoms with van der Waals surface area (Å²) in [6, 6.07) is 2.20. The fourth-order valence-corrected chi connectivity index (χ4v) is 0.844. The zero-order valence-corrected chi connectivity index (χ0v) is 7.18. The maximum Gasteiger partial charge on any atom is 0.573 e. The van der Waals surface area contributed by atoms with Crippen molar-refractivity contribution in [3.8, 4) is 11.8 Å². The summed E-state index contributed by atoms with van der Waals surface area (Å²) in [5.41, 5.74) is -0.627. The summed E-state index contributed by atoms with van der Waals surface area (Å²) in [4.78, 5) is 3.41. The molecule has 0 aromatic carbocycles. The SMILES string of the molecule is N#Cc1cnc(CF)cc1OC(F)(F)F. The summed E-state index contributed by atoms with van der Waals surface area (Å²) in [6.07, 6.45) is -4.09. The van der Waals surface area contributed by atoms with E-state index in [0.717, 1.165) is 12.3 Å². The molecule has 1 aromatic heterocycles. The Morgan fingerprint density at radius 3 is 2.60 bits per heavy atom. The van der Waals surface area contributed by atoms with Crippen LogP contribution in [0.3, 0.4) is 0 Å². The molecule has 0 amide bonds. The lowest BCUT2D eigenvalue weighted by atomic mass is 10.2. The van der Waals surface area contributed by atoms with Crippen LogP contribution in [0.25, 0.3) is 0 Å². The Morgan fingerprint density at radius 2 is 2.13 bits per heavy atom. The molecule has 1 heterocycles. The minimum absolute atomic E-state index is 0.228. The van der Waals surface area contributed by atoms with E-state index in [1.165, 1.54) is 6.07 Å². The van der Waals surface area contributed by atoms with Crippen molar-refractivity contribution in [1.82, 2.24) is 4.98 Å². The summed E-state index contributed by atoms with van der Waals surface area (Å²) in [7, 11) is 0. The summed E-state index contributed by atoms with van der Waals surface area (Å²) in [5, 5.41) is 8.45. The Balaban J connectivity index is 3.08.